The van der Waals surface area contributed by atoms with Crippen LogP contribution in [0, 0.1) is 6.92 Å². The molecule has 4 rings (SSSR count). The number of ether oxygens (including phenoxy) is 2. The lowest BCUT2D eigenvalue weighted by atomic mass is 10.0. The van der Waals surface area contributed by atoms with E-state index in [1.807, 2.05) is 75.4 Å². The van der Waals surface area contributed by atoms with Gasteiger partial charge in [-0.3, -0.25) is 13.9 Å². The fraction of sp³-hybridized carbons (Fsp3) is 0.375. The molecule has 0 unspecified atom stereocenters. The quantitative estimate of drug-likeness (QED) is 0.314. The lowest BCUT2D eigenvalue weighted by Gasteiger charge is -2.34. The van der Waals surface area contributed by atoms with Crippen molar-refractivity contribution in [2.45, 2.75) is 59.2 Å². The maximum absolute atomic E-state index is 14.3. The fourth-order valence-corrected chi connectivity index (χ4v) is 5.82. The number of hydrogen-bond donors (Lipinski definition) is 1. The summed E-state index contributed by atoms with van der Waals surface area (Å²) in [5.74, 6) is -0.0878. The Kier molecular flexibility index (Phi) is 10.1. The van der Waals surface area contributed by atoms with Gasteiger partial charge in [0.2, 0.25) is 28.6 Å². The Balaban J connectivity index is 1.75. The number of carbonyl (C=O) groups is 2. The van der Waals surface area contributed by atoms with E-state index in [-0.39, 0.29) is 43.1 Å². The van der Waals surface area contributed by atoms with Crippen molar-refractivity contribution in [3.05, 3.63) is 89.5 Å². The number of aryl methyl sites for hydroxylation is 1. The smallest absolute Gasteiger partial charge is 0.244 e. The lowest BCUT2D eigenvalue weighted by molar-refractivity contribution is -0.140. The number of fused-ring (bicyclic) bond motifs is 1. The minimum Gasteiger partial charge on any atom is -0.454 e. The third-order valence-electron chi connectivity index (χ3n) is 7.33. The van der Waals surface area contributed by atoms with Gasteiger partial charge in [0.15, 0.2) is 11.5 Å². The highest BCUT2D eigenvalue weighted by Crippen LogP contribution is 2.36. The number of nitrogens with one attached hydrogen (secondary N) is 1. The number of hydrogen-bond acceptors (Lipinski definition) is 6. The van der Waals surface area contributed by atoms with E-state index in [0.29, 0.717) is 11.5 Å². The van der Waals surface area contributed by atoms with Gasteiger partial charge < -0.3 is 19.7 Å². The van der Waals surface area contributed by atoms with E-state index < -0.39 is 28.5 Å². The molecule has 0 saturated carbocycles. The number of sulfonamides is 1. The van der Waals surface area contributed by atoms with Crippen LogP contribution in [0.3, 0.4) is 0 Å². The average Bonchev–Trinajstić information content (AvgIpc) is 3.46. The maximum atomic E-state index is 14.3. The first-order chi connectivity index (χ1) is 20.1. The van der Waals surface area contributed by atoms with Crippen molar-refractivity contribution in [2.75, 3.05) is 23.4 Å². The third kappa shape index (κ3) is 7.61. The fourth-order valence-electron chi connectivity index (χ4n) is 4.76. The Morgan fingerprint density at radius 1 is 0.929 bits per heavy atom. The minimum absolute atomic E-state index is 0.0367. The van der Waals surface area contributed by atoms with Crippen LogP contribution in [0.15, 0.2) is 72.8 Å². The monoisotopic (exact) mass is 593 g/mol. The van der Waals surface area contributed by atoms with E-state index in [0.717, 1.165) is 27.4 Å². The Morgan fingerprint density at radius 3 is 2.33 bits per heavy atom. The predicted octanol–water partition coefficient (Wildman–Crippen LogP) is 4.43. The third-order valence-corrected chi connectivity index (χ3v) is 9.07. The molecule has 1 N–H and O–H groups in total. The van der Waals surface area contributed by atoms with E-state index in [4.69, 9.17) is 9.47 Å². The molecule has 3 aromatic rings. The molecule has 42 heavy (non-hydrogen) atoms. The van der Waals surface area contributed by atoms with E-state index in [1.165, 1.54) is 11.8 Å². The Hall–Kier alpha value is -4.05. The molecule has 0 saturated heterocycles. The molecule has 0 spiro atoms. The molecular formula is C32H39N3O6S. The summed E-state index contributed by atoms with van der Waals surface area (Å²) in [7, 11) is -3.88. The average molecular weight is 594 g/mol. The molecule has 0 aromatic heterocycles. The molecule has 2 atom stereocenters. The molecule has 0 bridgehead atoms. The van der Waals surface area contributed by atoms with Crippen LogP contribution in [-0.4, -0.2) is 56.3 Å². The number of rotatable bonds is 13. The lowest BCUT2D eigenvalue weighted by Crippen LogP contribution is -2.54. The molecule has 3 aromatic carbocycles. The van der Waals surface area contributed by atoms with Crippen molar-refractivity contribution in [2.24, 2.45) is 0 Å². The van der Waals surface area contributed by atoms with E-state index in [1.54, 1.807) is 18.2 Å². The van der Waals surface area contributed by atoms with Crippen molar-refractivity contribution < 1.29 is 27.5 Å². The first-order valence-electron chi connectivity index (χ1n) is 14.2. The molecule has 1 aliphatic heterocycles. The summed E-state index contributed by atoms with van der Waals surface area (Å²) >= 11 is 0. The topological polar surface area (TPSA) is 105 Å². The number of anilines is 1. The molecule has 9 nitrogen and oxygen atoms in total. The van der Waals surface area contributed by atoms with Gasteiger partial charge in [-0.25, -0.2) is 8.42 Å². The first kappa shape index (κ1) is 30.9. The van der Waals surface area contributed by atoms with Crippen molar-refractivity contribution in [3.63, 3.8) is 0 Å². The summed E-state index contributed by atoms with van der Waals surface area (Å²) in [6.45, 7) is 7.07. The second-order valence-electron chi connectivity index (χ2n) is 10.5. The van der Waals surface area contributed by atoms with Crippen LogP contribution in [0.5, 0.6) is 11.5 Å². The molecule has 2 amide bonds. The molecule has 0 aliphatic carbocycles. The largest absolute Gasteiger partial charge is 0.454 e. The summed E-state index contributed by atoms with van der Waals surface area (Å²) in [6, 6.07) is 21.0. The molecule has 10 heteroatoms. The molecule has 1 aliphatic rings. The Labute approximate surface area is 248 Å². The van der Waals surface area contributed by atoms with Crippen molar-refractivity contribution in [3.8, 4) is 11.5 Å². The van der Waals surface area contributed by atoms with Gasteiger partial charge in [0.25, 0.3) is 0 Å². The van der Waals surface area contributed by atoms with Gasteiger partial charge in [0, 0.05) is 25.1 Å². The molecule has 1 heterocycles. The van der Waals surface area contributed by atoms with Gasteiger partial charge in [0.1, 0.15) is 12.6 Å². The zero-order valence-corrected chi connectivity index (χ0v) is 25.4. The molecular weight excluding hydrogens is 554 g/mol. The van der Waals surface area contributed by atoms with Crippen LogP contribution in [-0.2, 0) is 32.6 Å². The molecule has 224 valence electrons. The zero-order valence-electron chi connectivity index (χ0n) is 24.6. The van der Waals surface area contributed by atoms with Gasteiger partial charge in [0.05, 0.1) is 11.4 Å². The highest BCUT2D eigenvalue weighted by molar-refractivity contribution is 7.92. The van der Waals surface area contributed by atoms with Gasteiger partial charge in [-0.2, -0.15) is 0 Å². The number of benzene rings is 3. The SMILES string of the molecule is CC[C@@H](C)NC(=O)[C@@H](Cc1ccccc1)N(Cc1cccc(C)c1)C(=O)CN(c1ccc2c(c1)OCO2)S(=O)(=O)CC. The first-order valence-corrected chi connectivity index (χ1v) is 15.8. The highest BCUT2D eigenvalue weighted by Gasteiger charge is 2.34. The van der Waals surface area contributed by atoms with Crippen LogP contribution >= 0.6 is 0 Å². The summed E-state index contributed by atoms with van der Waals surface area (Å²) in [6.07, 6.45) is 0.994. The van der Waals surface area contributed by atoms with Gasteiger partial charge in [-0.05, 0) is 50.5 Å². The van der Waals surface area contributed by atoms with Crippen LogP contribution in [0.2, 0.25) is 0 Å². The van der Waals surface area contributed by atoms with Crippen LogP contribution in [0.1, 0.15) is 43.9 Å². The predicted molar refractivity (Wildman–Crippen MR) is 163 cm³/mol. The van der Waals surface area contributed by atoms with E-state index in [9.17, 15) is 18.0 Å². The Morgan fingerprint density at radius 2 is 1.64 bits per heavy atom. The standard InChI is InChI=1S/C32H39N3O6S/c1-5-24(4)33-32(37)28(18-25-12-8-7-9-13-25)34(20-26-14-10-11-23(3)17-26)31(36)21-35(42(38,39)6-2)27-15-16-29-30(19-27)41-22-40-29/h7-17,19,24,28H,5-6,18,20-22H2,1-4H3,(H,33,37)/t24-,28-/m1/s1. The summed E-state index contributed by atoms with van der Waals surface area (Å²) in [5.41, 5.74) is 3.02. The van der Waals surface area contributed by atoms with Gasteiger partial charge >= 0.3 is 0 Å². The molecule has 0 radical (unpaired) electrons. The minimum atomic E-state index is -3.88. The summed E-state index contributed by atoms with van der Waals surface area (Å²) in [4.78, 5) is 29.6. The van der Waals surface area contributed by atoms with Crippen molar-refractivity contribution in [1.29, 1.82) is 0 Å². The van der Waals surface area contributed by atoms with E-state index in [2.05, 4.69) is 5.32 Å². The van der Waals surface area contributed by atoms with Crippen LogP contribution < -0.4 is 19.1 Å². The zero-order chi connectivity index (χ0) is 30.3. The van der Waals surface area contributed by atoms with Crippen molar-refractivity contribution in [1.82, 2.24) is 10.2 Å². The number of carbonyl (C=O) groups excluding carboxylic acids is 2. The number of nitrogens with zero attached hydrogens (tertiary/aromatic N) is 2. The summed E-state index contributed by atoms with van der Waals surface area (Å²) in [5, 5.41) is 3.04. The second-order valence-corrected chi connectivity index (χ2v) is 12.7. The highest BCUT2D eigenvalue weighted by atomic mass is 32.2. The normalized spacial score (nSPS) is 13.7. The molecule has 0 fully saturated rings. The van der Waals surface area contributed by atoms with Gasteiger partial charge in [-0.1, -0.05) is 67.1 Å². The van der Waals surface area contributed by atoms with Crippen LogP contribution in [0.4, 0.5) is 5.69 Å². The van der Waals surface area contributed by atoms with Crippen molar-refractivity contribution >= 4 is 27.5 Å². The maximum Gasteiger partial charge on any atom is 0.244 e. The summed E-state index contributed by atoms with van der Waals surface area (Å²) < 4.78 is 38.6. The van der Waals surface area contributed by atoms with E-state index >= 15 is 0 Å². The Bertz CT molecular complexity index is 1500. The number of amides is 2. The van der Waals surface area contributed by atoms with Gasteiger partial charge in [-0.15, -0.1) is 0 Å². The second kappa shape index (κ2) is 13.7. The van der Waals surface area contributed by atoms with Crippen LogP contribution in [0.25, 0.3) is 0 Å².